The van der Waals surface area contributed by atoms with Crippen LogP contribution in [0.1, 0.15) is 37.8 Å². The molecular formula is C18H21Cl2N3O2. The van der Waals surface area contributed by atoms with Gasteiger partial charge in [-0.2, -0.15) is 0 Å². The van der Waals surface area contributed by atoms with Crippen molar-refractivity contribution in [3.05, 3.63) is 45.1 Å². The average molecular weight is 382 g/mol. The molecule has 3 amide bonds. The number of carbonyl (C=O) groups is 2. The maximum atomic E-state index is 13.0. The molecule has 0 spiro atoms. The van der Waals surface area contributed by atoms with Crippen LogP contribution in [-0.2, 0) is 4.79 Å². The predicted octanol–water partition coefficient (Wildman–Crippen LogP) is 3.98. The van der Waals surface area contributed by atoms with Gasteiger partial charge in [-0.25, -0.2) is 4.79 Å². The minimum Gasteiger partial charge on any atom is -0.333 e. The van der Waals surface area contributed by atoms with Crippen LogP contribution in [-0.4, -0.2) is 41.9 Å². The smallest absolute Gasteiger partial charge is 0.322 e. The fraction of sp³-hybridized carbons (Fsp3) is 0.444. The molecule has 1 aromatic rings. The maximum Gasteiger partial charge on any atom is 0.322 e. The van der Waals surface area contributed by atoms with Crippen molar-refractivity contribution in [2.75, 3.05) is 20.1 Å². The minimum absolute atomic E-state index is 0.0426. The van der Waals surface area contributed by atoms with Crippen LogP contribution in [0.2, 0.25) is 10.0 Å². The molecule has 0 saturated heterocycles. The minimum atomic E-state index is -0.575. The highest BCUT2D eigenvalue weighted by molar-refractivity contribution is 6.42. The first kappa shape index (κ1) is 18.1. The lowest BCUT2D eigenvalue weighted by atomic mass is 9.95. The topological polar surface area (TPSA) is 52.7 Å². The molecule has 2 heterocycles. The molecule has 0 saturated carbocycles. The quantitative estimate of drug-likeness (QED) is 0.784. The van der Waals surface area contributed by atoms with Gasteiger partial charge in [0.25, 0.3) is 5.91 Å². The van der Waals surface area contributed by atoms with E-state index in [4.69, 9.17) is 23.2 Å². The van der Waals surface area contributed by atoms with Crippen LogP contribution < -0.4 is 5.32 Å². The van der Waals surface area contributed by atoms with E-state index >= 15 is 0 Å². The van der Waals surface area contributed by atoms with E-state index in [0.717, 1.165) is 25.0 Å². The number of amides is 3. The average Bonchev–Trinajstić information content (AvgIpc) is 2.91. The largest absolute Gasteiger partial charge is 0.333 e. The molecule has 3 rings (SSSR count). The summed E-state index contributed by atoms with van der Waals surface area (Å²) in [6, 6.07) is 4.43. The molecule has 25 heavy (non-hydrogen) atoms. The molecule has 0 radical (unpaired) electrons. The van der Waals surface area contributed by atoms with Crippen LogP contribution in [0.25, 0.3) is 0 Å². The summed E-state index contributed by atoms with van der Waals surface area (Å²) in [5.74, 6) is -0.0426. The summed E-state index contributed by atoms with van der Waals surface area (Å²) >= 11 is 12.5. The number of urea groups is 1. The van der Waals surface area contributed by atoms with E-state index < -0.39 is 6.04 Å². The zero-order chi connectivity index (χ0) is 18.1. The van der Waals surface area contributed by atoms with E-state index in [1.807, 2.05) is 4.90 Å². The Morgan fingerprint density at radius 2 is 2.00 bits per heavy atom. The highest BCUT2D eigenvalue weighted by Gasteiger charge is 2.43. The number of hydrogen-bond donors (Lipinski definition) is 1. The molecular weight excluding hydrogens is 361 g/mol. The number of nitrogens with zero attached hydrogens (tertiary/aromatic N) is 2. The lowest BCUT2D eigenvalue weighted by Crippen LogP contribution is -2.45. The lowest BCUT2D eigenvalue weighted by molar-refractivity contribution is -0.125. The van der Waals surface area contributed by atoms with Gasteiger partial charge in [-0.3, -0.25) is 9.69 Å². The summed E-state index contributed by atoms with van der Waals surface area (Å²) in [6.45, 7) is 3.27. The zero-order valence-electron chi connectivity index (χ0n) is 14.3. The molecule has 2 aliphatic heterocycles. The Bertz CT molecular complexity index is 748. The van der Waals surface area contributed by atoms with Gasteiger partial charge in [0.05, 0.1) is 33.9 Å². The van der Waals surface area contributed by atoms with Gasteiger partial charge in [-0.05, 0) is 18.1 Å². The first-order valence-corrected chi connectivity index (χ1v) is 9.21. The van der Waals surface area contributed by atoms with Crippen LogP contribution in [0.3, 0.4) is 0 Å². The second-order valence-electron chi connectivity index (χ2n) is 6.38. The van der Waals surface area contributed by atoms with Crippen molar-refractivity contribution in [1.82, 2.24) is 15.1 Å². The van der Waals surface area contributed by atoms with Gasteiger partial charge in [0.15, 0.2) is 0 Å². The van der Waals surface area contributed by atoms with Crippen LogP contribution in [0.4, 0.5) is 4.79 Å². The molecule has 0 aromatic heterocycles. The summed E-state index contributed by atoms with van der Waals surface area (Å²) in [4.78, 5) is 28.7. The van der Waals surface area contributed by atoms with Crippen molar-refractivity contribution in [2.24, 2.45) is 0 Å². The van der Waals surface area contributed by atoms with Gasteiger partial charge in [0, 0.05) is 13.6 Å². The maximum absolute atomic E-state index is 13.0. The molecule has 0 fully saturated rings. The Kier molecular flexibility index (Phi) is 5.25. The van der Waals surface area contributed by atoms with Crippen molar-refractivity contribution in [3.8, 4) is 0 Å². The van der Waals surface area contributed by atoms with Crippen LogP contribution >= 0.6 is 23.2 Å². The van der Waals surface area contributed by atoms with Crippen molar-refractivity contribution in [2.45, 2.75) is 32.2 Å². The van der Waals surface area contributed by atoms with Crippen molar-refractivity contribution >= 4 is 35.1 Å². The summed E-state index contributed by atoms with van der Waals surface area (Å²) in [6.07, 6.45) is 3.12. The Balaban J connectivity index is 1.96. The van der Waals surface area contributed by atoms with Crippen LogP contribution in [0, 0.1) is 0 Å². The van der Waals surface area contributed by atoms with E-state index in [0.29, 0.717) is 34.3 Å². The monoisotopic (exact) mass is 381 g/mol. The Labute approximate surface area is 157 Å². The molecule has 1 aromatic carbocycles. The Morgan fingerprint density at radius 3 is 2.72 bits per heavy atom. The fourth-order valence-corrected chi connectivity index (χ4v) is 3.75. The van der Waals surface area contributed by atoms with Crippen LogP contribution in [0.5, 0.6) is 0 Å². The molecule has 0 bridgehead atoms. The first-order chi connectivity index (χ1) is 12.0. The Morgan fingerprint density at radius 1 is 1.24 bits per heavy atom. The van der Waals surface area contributed by atoms with Gasteiger partial charge in [-0.15, -0.1) is 0 Å². The third-order valence-corrected chi connectivity index (χ3v) is 5.59. The number of carbonyl (C=O) groups excluding carboxylic acids is 2. The van der Waals surface area contributed by atoms with E-state index in [9.17, 15) is 9.59 Å². The number of hydrogen-bond acceptors (Lipinski definition) is 2. The van der Waals surface area contributed by atoms with Crippen molar-refractivity contribution in [3.63, 3.8) is 0 Å². The number of rotatable bonds is 5. The third kappa shape index (κ3) is 3.23. The number of likely N-dealkylation sites (N-methyl/N-ethyl adjacent to an activating group) is 1. The lowest BCUT2D eigenvalue weighted by Gasteiger charge is -2.31. The molecule has 5 nitrogen and oxygen atoms in total. The van der Waals surface area contributed by atoms with Gasteiger partial charge >= 0.3 is 6.03 Å². The summed E-state index contributed by atoms with van der Waals surface area (Å²) in [5, 5.41) is 3.65. The van der Waals surface area contributed by atoms with E-state index in [1.165, 1.54) is 4.90 Å². The van der Waals surface area contributed by atoms with Gasteiger partial charge < -0.3 is 10.2 Å². The van der Waals surface area contributed by atoms with Gasteiger partial charge in [-0.1, -0.05) is 55.1 Å². The highest BCUT2D eigenvalue weighted by Crippen LogP contribution is 2.39. The summed E-state index contributed by atoms with van der Waals surface area (Å²) in [5.41, 5.74) is 1.97. The number of unbranched alkanes of at least 4 members (excludes halogenated alkanes) is 2. The van der Waals surface area contributed by atoms with Crippen molar-refractivity contribution in [1.29, 1.82) is 0 Å². The molecule has 134 valence electrons. The Hall–Kier alpha value is -1.72. The number of halogens is 2. The zero-order valence-corrected chi connectivity index (χ0v) is 15.8. The first-order valence-electron chi connectivity index (χ1n) is 8.46. The van der Waals surface area contributed by atoms with E-state index in [2.05, 4.69) is 12.2 Å². The molecule has 7 heteroatoms. The molecule has 1 N–H and O–H groups in total. The summed E-state index contributed by atoms with van der Waals surface area (Å²) in [7, 11) is 1.68. The SMILES string of the molecule is CCCCCN1CC2=C(C1=O)[C@H](c1cccc(Cl)c1Cl)NC(=O)N2C. The highest BCUT2D eigenvalue weighted by atomic mass is 35.5. The normalized spacial score (nSPS) is 20.2. The predicted molar refractivity (Wildman–Crippen MR) is 98.6 cm³/mol. The second-order valence-corrected chi connectivity index (χ2v) is 7.16. The van der Waals surface area contributed by atoms with E-state index in [1.54, 1.807) is 25.2 Å². The third-order valence-electron chi connectivity index (χ3n) is 4.76. The van der Waals surface area contributed by atoms with Gasteiger partial charge in [0.2, 0.25) is 0 Å². The summed E-state index contributed by atoms with van der Waals surface area (Å²) < 4.78 is 0. The molecule has 1 atom stereocenters. The second kappa shape index (κ2) is 7.26. The number of nitrogens with one attached hydrogen (secondary N) is 1. The molecule has 0 aliphatic carbocycles. The van der Waals surface area contributed by atoms with E-state index in [-0.39, 0.29) is 11.9 Å². The molecule has 0 unspecified atom stereocenters. The van der Waals surface area contributed by atoms with Crippen LogP contribution in [0.15, 0.2) is 29.5 Å². The standard InChI is InChI=1S/C18H21Cl2N3O2/c1-3-4-5-9-23-10-13-14(17(23)24)16(21-18(25)22(13)2)11-7-6-8-12(19)15(11)20/h6-8,16H,3-5,9-10H2,1-2H3,(H,21,25)/t16-/m0/s1. The number of benzene rings is 1. The van der Waals surface area contributed by atoms with Gasteiger partial charge in [0.1, 0.15) is 0 Å². The molecule has 2 aliphatic rings. The van der Waals surface area contributed by atoms with Crippen molar-refractivity contribution < 1.29 is 9.59 Å². The fourth-order valence-electron chi connectivity index (χ4n) is 3.33.